The fraction of sp³-hybridized carbons (Fsp3) is 0.407. The molecule has 6 aromatic rings. The number of imidazole rings is 4. The number of amides is 7. The molecular formula is C54H72N18O11. The molecule has 0 radical (unpaired) electrons. The standard InChI is InChI=1S/C54H72N18O11/c55-15-3-1-5-40(66-47(75)39(57)19-33-23-58-27-62-33)48(76)70-44(20-34-24-59-28-63-34)52(80)67-41(6-2-4-16-56)49(77)68-42(17-31-7-11-37(73)12-8-31)50(78)71-45(21-35-25-60-29-64-35)53(81)69-43(18-32-9-13-38(74)14-10-32)51(79)72-46(54(82)83)22-36-26-61-30-65-36/h7-14,23-30,39-46,73-74H,1-6,15-22,55-57H2,(H,58,62)(H,59,63)(H,60,64)(H,61,65)(H,66,75)(H,67,80)(H,68,77)(H,69,81)(H,70,76)(H,71,78)(H,72,79)(H,82,83)/t39-,40-,41-,42-,43-,44-,45-,46-/m0/s1. The molecule has 4 aromatic heterocycles. The predicted octanol–water partition coefficient (Wildman–Crippen LogP) is -2.19. The van der Waals surface area contributed by atoms with Gasteiger partial charge in [-0.2, -0.15) is 0 Å². The van der Waals surface area contributed by atoms with Gasteiger partial charge in [0.25, 0.3) is 0 Å². The van der Waals surface area contributed by atoms with E-state index in [9.17, 15) is 53.7 Å². The van der Waals surface area contributed by atoms with Gasteiger partial charge in [-0.15, -0.1) is 0 Å². The van der Waals surface area contributed by atoms with Crippen LogP contribution in [0.2, 0.25) is 0 Å². The van der Waals surface area contributed by atoms with E-state index in [1.165, 1.54) is 98.6 Å². The van der Waals surface area contributed by atoms with Crippen molar-refractivity contribution in [1.29, 1.82) is 0 Å². The maximum atomic E-state index is 14.8. The topological polar surface area (TPSA) is 474 Å². The molecule has 20 N–H and O–H groups in total. The number of carbonyl (C=O) groups excluding carboxylic acids is 7. The minimum absolute atomic E-state index is 0.000991. The van der Waals surface area contributed by atoms with Crippen molar-refractivity contribution in [3.05, 3.63) is 133 Å². The molecule has 4 heterocycles. The fourth-order valence-electron chi connectivity index (χ4n) is 8.78. The van der Waals surface area contributed by atoms with Crippen molar-refractivity contribution >= 4 is 47.3 Å². The number of nitrogens with one attached hydrogen (secondary N) is 11. The number of carboxylic acid groups (broad SMARTS) is 1. The van der Waals surface area contributed by atoms with Gasteiger partial charge in [-0.3, -0.25) is 33.6 Å². The third-order valence-electron chi connectivity index (χ3n) is 13.3. The number of hydrogen-bond donors (Lipinski definition) is 17. The number of aromatic hydroxyl groups is 2. The lowest BCUT2D eigenvalue weighted by Crippen LogP contribution is -2.61. The van der Waals surface area contributed by atoms with Crippen molar-refractivity contribution in [2.75, 3.05) is 13.1 Å². The zero-order valence-electron chi connectivity index (χ0n) is 45.4. The summed E-state index contributed by atoms with van der Waals surface area (Å²) in [5.41, 5.74) is 20.5. The van der Waals surface area contributed by atoms with Gasteiger partial charge >= 0.3 is 5.97 Å². The summed E-state index contributed by atoms with van der Waals surface area (Å²) in [7, 11) is 0. The molecule has 0 saturated carbocycles. The molecule has 0 aliphatic heterocycles. The highest BCUT2D eigenvalue weighted by atomic mass is 16.4. The van der Waals surface area contributed by atoms with Gasteiger partial charge in [0.15, 0.2) is 0 Å². The van der Waals surface area contributed by atoms with Gasteiger partial charge in [0.1, 0.15) is 53.8 Å². The van der Waals surface area contributed by atoms with Gasteiger partial charge in [0, 0.05) is 86.1 Å². The van der Waals surface area contributed by atoms with Gasteiger partial charge in [-0.25, -0.2) is 24.7 Å². The second kappa shape index (κ2) is 32.1. The Bertz CT molecular complexity index is 2980. The molecule has 0 unspecified atom stereocenters. The zero-order chi connectivity index (χ0) is 59.7. The van der Waals surface area contributed by atoms with Crippen molar-refractivity contribution in [1.82, 2.24) is 77.1 Å². The van der Waals surface area contributed by atoms with E-state index in [0.29, 0.717) is 66.1 Å². The molecule has 0 aliphatic carbocycles. The van der Waals surface area contributed by atoms with E-state index in [0.717, 1.165) is 0 Å². The molecule has 0 saturated heterocycles. The number of H-pyrrole nitrogens is 4. The third-order valence-corrected chi connectivity index (χ3v) is 13.3. The number of carboxylic acids is 1. The van der Waals surface area contributed by atoms with E-state index in [1.54, 1.807) is 0 Å². The molecule has 83 heavy (non-hydrogen) atoms. The highest BCUT2D eigenvalue weighted by Crippen LogP contribution is 2.16. The van der Waals surface area contributed by atoms with Gasteiger partial charge in [-0.05, 0) is 87.0 Å². The smallest absolute Gasteiger partial charge is 0.326 e. The van der Waals surface area contributed by atoms with Crippen molar-refractivity contribution in [2.24, 2.45) is 17.2 Å². The van der Waals surface area contributed by atoms with Gasteiger partial charge in [0.2, 0.25) is 41.4 Å². The summed E-state index contributed by atoms with van der Waals surface area (Å²) in [5.74, 6) is -7.27. The van der Waals surface area contributed by atoms with Crippen LogP contribution < -0.4 is 54.4 Å². The van der Waals surface area contributed by atoms with E-state index in [2.05, 4.69) is 77.1 Å². The predicted molar refractivity (Wildman–Crippen MR) is 298 cm³/mol. The maximum Gasteiger partial charge on any atom is 0.326 e. The first-order valence-corrected chi connectivity index (χ1v) is 26.9. The van der Waals surface area contributed by atoms with Crippen LogP contribution in [0.1, 0.15) is 72.4 Å². The minimum atomic E-state index is -1.50. The number of aromatic nitrogens is 8. The Morgan fingerprint density at radius 1 is 0.398 bits per heavy atom. The lowest BCUT2D eigenvalue weighted by molar-refractivity contribution is -0.142. The number of aromatic amines is 4. The number of nitrogens with two attached hydrogens (primary N) is 3. The quantitative estimate of drug-likeness (QED) is 0.0188. The number of rotatable bonds is 35. The average Bonchev–Trinajstić information content (AvgIpc) is 4.38. The second-order valence-corrected chi connectivity index (χ2v) is 19.8. The lowest BCUT2D eigenvalue weighted by Gasteiger charge is -2.28. The van der Waals surface area contributed by atoms with Gasteiger partial charge in [-0.1, -0.05) is 24.3 Å². The molecule has 0 spiro atoms. The Kier molecular flexibility index (Phi) is 24.2. The highest BCUT2D eigenvalue weighted by molar-refractivity contribution is 5.98. The largest absolute Gasteiger partial charge is 0.508 e. The van der Waals surface area contributed by atoms with Crippen molar-refractivity contribution < 1.29 is 53.7 Å². The Labute approximate surface area is 476 Å². The number of carbonyl (C=O) groups is 8. The molecule has 2 aromatic carbocycles. The summed E-state index contributed by atoms with van der Waals surface area (Å²) < 4.78 is 0. The summed E-state index contributed by atoms with van der Waals surface area (Å²) in [5, 5.41) is 49.0. The first kappa shape index (κ1) is 62.7. The molecular weight excluding hydrogens is 1080 g/mol. The molecule has 29 nitrogen and oxygen atoms in total. The Morgan fingerprint density at radius 3 is 1.01 bits per heavy atom. The number of aliphatic carboxylic acids is 1. The summed E-state index contributed by atoms with van der Waals surface area (Å²) in [4.78, 5) is 140. The maximum absolute atomic E-state index is 14.8. The first-order valence-electron chi connectivity index (χ1n) is 26.9. The van der Waals surface area contributed by atoms with Gasteiger partial charge < -0.3 is 89.7 Å². The van der Waals surface area contributed by atoms with E-state index < -0.39 is 95.7 Å². The lowest BCUT2D eigenvalue weighted by atomic mass is 10.0. The van der Waals surface area contributed by atoms with E-state index in [-0.39, 0.29) is 69.4 Å². The number of phenols is 2. The third kappa shape index (κ3) is 20.5. The van der Waals surface area contributed by atoms with Crippen LogP contribution in [-0.2, 0) is 76.9 Å². The molecule has 0 aliphatic rings. The first-order chi connectivity index (χ1) is 40.0. The van der Waals surface area contributed by atoms with Gasteiger partial charge in [0.05, 0.1) is 31.4 Å². The molecule has 8 atom stereocenters. The number of benzene rings is 2. The molecule has 444 valence electrons. The summed E-state index contributed by atoms with van der Waals surface area (Å²) in [6.07, 6.45) is 12.2. The number of phenolic OH excluding ortho intramolecular Hbond substituents is 2. The van der Waals surface area contributed by atoms with Crippen LogP contribution in [0.5, 0.6) is 11.5 Å². The van der Waals surface area contributed by atoms with Crippen LogP contribution in [0.4, 0.5) is 0 Å². The normalized spacial score (nSPS) is 14.1. The fourth-order valence-corrected chi connectivity index (χ4v) is 8.78. The Balaban J connectivity index is 1.25. The van der Waals surface area contributed by atoms with Crippen LogP contribution in [-0.4, -0.2) is 164 Å². The SMILES string of the molecule is NCCCC[C@H](NC(=O)[C@H](Cc1cnc[nH]1)NC(=O)[C@H](CCCCN)NC(=O)[C@@H](N)Cc1cnc[nH]1)C(=O)N[C@@H](Cc1ccc(O)cc1)C(=O)N[C@@H](Cc1cnc[nH]1)C(=O)N[C@@H](Cc1ccc(O)cc1)C(=O)N[C@@H](Cc1cnc[nH]1)C(=O)O. The molecule has 7 amide bonds. The highest BCUT2D eigenvalue weighted by Gasteiger charge is 2.35. The minimum Gasteiger partial charge on any atom is -0.508 e. The number of hydrogen-bond acceptors (Lipinski definition) is 17. The van der Waals surface area contributed by atoms with Crippen LogP contribution in [0.25, 0.3) is 0 Å². The molecule has 6 rings (SSSR count). The van der Waals surface area contributed by atoms with Crippen molar-refractivity contribution in [2.45, 2.75) is 125 Å². The van der Waals surface area contributed by atoms with E-state index in [1.807, 2.05) is 0 Å². The summed E-state index contributed by atoms with van der Waals surface area (Å²) in [6.45, 7) is 0.548. The molecule has 29 heteroatoms. The molecule has 0 fully saturated rings. The summed E-state index contributed by atoms with van der Waals surface area (Å²) in [6, 6.07) is 0.652. The van der Waals surface area contributed by atoms with E-state index >= 15 is 0 Å². The van der Waals surface area contributed by atoms with Crippen LogP contribution in [0, 0.1) is 0 Å². The van der Waals surface area contributed by atoms with E-state index in [4.69, 9.17) is 17.2 Å². The van der Waals surface area contributed by atoms with Crippen LogP contribution in [0.15, 0.2) is 98.6 Å². The zero-order valence-corrected chi connectivity index (χ0v) is 45.4. The van der Waals surface area contributed by atoms with Crippen LogP contribution in [0.3, 0.4) is 0 Å². The van der Waals surface area contributed by atoms with Crippen molar-refractivity contribution in [3.8, 4) is 11.5 Å². The number of nitrogens with zero attached hydrogens (tertiary/aromatic N) is 4. The van der Waals surface area contributed by atoms with Crippen LogP contribution >= 0.6 is 0 Å². The van der Waals surface area contributed by atoms with Crippen molar-refractivity contribution in [3.63, 3.8) is 0 Å². The monoisotopic (exact) mass is 1150 g/mol. The average molecular weight is 1150 g/mol. The number of unbranched alkanes of at least 4 members (excludes halogenated alkanes) is 2. The Hall–Kier alpha value is -9.48. The summed E-state index contributed by atoms with van der Waals surface area (Å²) >= 11 is 0. The molecule has 0 bridgehead atoms. The second-order valence-electron chi connectivity index (χ2n) is 19.8. The Morgan fingerprint density at radius 2 is 0.687 bits per heavy atom.